The van der Waals surface area contributed by atoms with Crippen LogP contribution in [-0.2, 0) is 0 Å². The summed E-state index contributed by atoms with van der Waals surface area (Å²) in [5.74, 6) is 0. The van der Waals surface area contributed by atoms with Crippen molar-refractivity contribution in [3.05, 3.63) is 72.3 Å². The molecule has 0 saturated carbocycles. The fourth-order valence-corrected chi connectivity index (χ4v) is 2.78. The Hall–Kier alpha value is -2.54. The first-order valence-electron chi connectivity index (χ1n) is 6.89. The van der Waals surface area contributed by atoms with Gasteiger partial charge in [-0.05, 0) is 30.2 Å². The molecule has 0 aliphatic heterocycles. The fraction of sp³-hybridized carbons (Fsp3) is 0.0526. The Morgan fingerprint density at radius 3 is 2.20 bits per heavy atom. The van der Waals surface area contributed by atoms with Gasteiger partial charge in [0, 0.05) is 21.8 Å². The zero-order valence-electron chi connectivity index (χ0n) is 11.4. The molecule has 1 nitrogen and oxygen atoms in total. The van der Waals surface area contributed by atoms with Crippen molar-refractivity contribution >= 4 is 21.8 Å². The molecule has 0 amide bonds. The average molecular weight is 257 g/mol. The van der Waals surface area contributed by atoms with Crippen LogP contribution in [0.3, 0.4) is 0 Å². The number of benzene rings is 3. The summed E-state index contributed by atoms with van der Waals surface area (Å²) in [6.45, 7) is 2.12. The maximum Gasteiger partial charge on any atom is 0.0471 e. The Labute approximate surface area is 117 Å². The summed E-state index contributed by atoms with van der Waals surface area (Å²) in [6.07, 6.45) is 0. The Bertz CT molecular complexity index is 898. The Morgan fingerprint density at radius 1 is 0.650 bits per heavy atom. The lowest BCUT2D eigenvalue weighted by Crippen LogP contribution is -1.79. The molecular weight excluding hydrogens is 242 g/mol. The Morgan fingerprint density at radius 2 is 1.35 bits per heavy atom. The zero-order valence-corrected chi connectivity index (χ0v) is 11.4. The van der Waals surface area contributed by atoms with Crippen LogP contribution in [0.2, 0.25) is 0 Å². The number of aromatic amines is 1. The zero-order chi connectivity index (χ0) is 13.5. The predicted octanol–water partition coefficient (Wildman–Crippen LogP) is 5.30. The highest BCUT2D eigenvalue weighted by atomic mass is 14.7. The molecule has 96 valence electrons. The van der Waals surface area contributed by atoms with Gasteiger partial charge in [-0.15, -0.1) is 0 Å². The van der Waals surface area contributed by atoms with Gasteiger partial charge in [-0.25, -0.2) is 0 Å². The number of hydrogen-bond acceptors (Lipinski definition) is 0. The SMILES string of the molecule is Cc1ccc(-c2ccc3c(c2)[nH]c2ccccc23)cc1. The molecule has 4 rings (SSSR count). The third-order valence-corrected chi connectivity index (χ3v) is 3.89. The van der Waals surface area contributed by atoms with E-state index in [1.54, 1.807) is 0 Å². The molecule has 20 heavy (non-hydrogen) atoms. The molecule has 3 aromatic carbocycles. The van der Waals surface area contributed by atoms with E-state index in [2.05, 4.69) is 78.6 Å². The third-order valence-electron chi connectivity index (χ3n) is 3.89. The lowest BCUT2D eigenvalue weighted by Gasteiger charge is -2.02. The van der Waals surface area contributed by atoms with E-state index in [1.807, 2.05) is 0 Å². The second kappa shape index (κ2) is 4.24. The molecule has 1 aromatic heterocycles. The normalized spacial score (nSPS) is 11.2. The minimum atomic E-state index is 1.20. The van der Waals surface area contributed by atoms with Gasteiger partial charge in [-0.1, -0.05) is 60.2 Å². The van der Waals surface area contributed by atoms with Crippen molar-refractivity contribution in [1.29, 1.82) is 0 Å². The van der Waals surface area contributed by atoms with Crippen molar-refractivity contribution in [1.82, 2.24) is 4.98 Å². The molecule has 1 heterocycles. The first kappa shape index (κ1) is 11.3. The first-order valence-corrected chi connectivity index (χ1v) is 6.89. The second-order valence-electron chi connectivity index (χ2n) is 5.30. The van der Waals surface area contributed by atoms with Gasteiger partial charge >= 0.3 is 0 Å². The molecule has 0 bridgehead atoms. The molecule has 0 unspecified atom stereocenters. The number of para-hydroxylation sites is 1. The topological polar surface area (TPSA) is 15.8 Å². The largest absolute Gasteiger partial charge is 0.354 e. The fourth-order valence-electron chi connectivity index (χ4n) is 2.78. The molecule has 0 fully saturated rings. The van der Waals surface area contributed by atoms with E-state index >= 15 is 0 Å². The van der Waals surface area contributed by atoms with Gasteiger partial charge in [0.15, 0.2) is 0 Å². The number of hydrogen-bond donors (Lipinski definition) is 1. The van der Waals surface area contributed by atoms with Crippen molar-refractivity contribution < 1.29 is 0 Å². The highest BCUT2D eigenvalue weighted by molar-refractivity contribution is 6.08. The van der Waals surface area contributed by atoms with Crippen LogP contribution in [-0.4, -0.2) is 4.98 Å². The number of H-pyrrole nitrogens is 1. The minimum Gasteiger partial charge on any atom is -0.354 e. The number of aromatic nitrogens is 1. The summed E-state index contributed by atoms with van der Waals surface area (Å²) < 4.78 is 0. The van der Waals surface area contributed by atoms with Crippen molar-refractivity contribution in [2.45, 2.75) is 6.92 Å². The Kier molecular flexibility index (Phi) is 2.40. The van der Waals surface area contributed by atoms with E-state index < -0.39 is 0 Å². The van der Waals surface area contributed by atoms with Gasteiger partial charge in [-0.3, -0.25) is 0 Å². The smallest absolute Gasteiger partial charge is 0.0471 e. The molecule has 0 aliphatic rings. The van der Waals surface area contributed by atoms with E-state index in [9.17, 15) is 0 Å². The van der Waals surface area contributed by atoms with Crippen LogP contribution in [0.15, 0.2) is 66.7 Å². The quantitative estimate of drug-likeness (QED) is 0.476. The molecule has 0 aliphatic carbocycles. The van der Waals surface area contributed by atoms with E-state index in [4.69, 9.17) is 0 Å². The van der Waals surface area contributed by atoms with Crippen LogP contribution in [0, 0.1) is 6.92 Å². The van der Waals surface area contributed by atoms with E-state index in [1.165, 1.54) is 38.5 Å². The van der Waals surface area contributed by atoms with Crippen molar-refractivity contribution in [3.8, 4) is 11.1 Å². The van der Waals surface area contributed by atoms with Crippen LogP contribution in [0.1, 0.15) is 5.56 Å². The van der Waals surface area contributed by atoms with Crippen LogP contribution < -0.4 is 0 Å². The molecule has 0 saturated heterocycles. The van der Waals surface area contributed by atoms with Crippen LogP contribution in [0.25, 0.3) is 32.9 Å². The van der Waals surface area contributed by atoms with Crippen molar-refractivity contribution in [3.63, 3.8) is 0 Å². The standard InChI is InChI=1S/C19H15N/c1-13-6-8-14(9-7-13)15-10-11-17-16-4-2-3-5-18(16)20-19(17)12-15/h2-12,20H,1H3. The highest BCUT2D eigenvalue weighted by Gasteiger charge is 2.05. The third kappa shape index (κ3) is 1.71. The van der Waals surface area contributed by atoms with Gasteiger partial charge in [-0.2, -0.15) is 0 Å². The molecule has 1 heteroatoms. The summed E-state index contributed by atoms with van der Waals surface area (Å²) in [7, 11) is 0. The van der Waals surface area contributed by atoms with Crippen molar-refractivity contribution in [2.75, 3.05) is 0 Å². The average Bonchev–Trinajstić information content (AvgIpc) is 2.85. The monoisotopic (exact) mass is 257 g/mol. The number of nitrogens with one attached hydrogen (secondary N) is 1. The van der Waals surface area contributed by atoms with E-state index in [0.717, 1.165) is 0 Å². The Balaban J connectivity index is 1.94. The molecule has 0 radical (unpaired) electrons. The predicted molar refractivity (Wildman–Crippen MR) is 86.0 cm³/mol. The molecular formula is C19H15N. The lowest BCUT2D eigenvalue weighted by molar-refractivity contribution is 1.47. The summed E-state index contributed by atoms with van der Waals surface area (Å²) in [5.41, 5.74) is 6.20. The van der Waals surface area contributed by atoms with E-state index in [-0.39, 0.29) is 0 Å². The summed E-state index contributed by atoms with van der Waals surface area (Å²) in [5, 5.41) is 2.58. The summed E-state index contributed by atoms with van der Waals surface area (Å²) in [6, 6.07) is 23.8. The highest BCUT2D eigenvalue weighted by Crippen LogP contribution is 2.29. The summed E-state index contributed by atoms with van der Waals surface area (Å²) in [4.78, 5) is 3.50. The van der Waals surface area contributed by atoms with E-state index in [0.29, 0.717) is 0 Å². The van der Waals surface area contributed by atoms with Crippen molar-refractivity contribution in [2.24, 2.45) is 0 Å². The maximum atomic E-state index is 3.50. The maximum absolute atomic E-state index is 3.50. The molecule has 4 aromatic rings. The van der Waals surface area contributed by atoms with Crippen LogP contribution in [0.5, 0.6) is 0 Å². The van der Waals surface area contributed by atoms with Gasteiger partial charge in [0.2, 0.25) is 0 Å². The molecule has 0 spiro atoms. The lowest BCUT2D eigenvalue weighted by atomic mass is 10.0. The van der Waals surface area contributed by atoms with Crippen LogP contribution >= 0.6 is 0 Å². The summed E-state index contributed by atoms with van der Waals surface area (Å²) >= 11 is 0. The molecule has 1 N–H and O–H groups in total. The number of fused-ring (bicyclic) bond motifs is 3. The van der Waals surface area contributed by atoms with Gasteiger partial charge in [0.05, 0.1) is 0 Å². The molecule has 0 atom stereocenters. The minimum absolute atomic E-state index is 1.20. The van der Waals surface area contributed by atoms with Crippen LogP contribution in [0.4, 0.5) is 0 Å². The number of rotatable bonds is 1. The van der Waals surface area contributed by atoms with Gasteiger partial charge in [0.25, 0.3) is 0 Å². The van der Waals surface area contributed by atoms with Gasteiger partial charge in [0.1, 0.15) is 0 Å². The van der Waals surface area contributed by atoms with Gasteiger partial charge < -0.3 is 4.98 Å². The number of aryl methyl sites for hydroxylation is 1. The first-order chi connectivity index (χ1) is 9.81. The second-order valence-corrected chi connectivity index (χ2v) is 5.30.